The molecule has 0 spiro atoms. The molecule has 2 nitrogen and oxygen atoms in total. The third-order valence-electron chi connectivity index (χ3n) is 1.91. The Morgan fingerprint density at radius 3 is 2.46 bits per heavy atom. The molecule has 0 fully saturated rings. The fraction of sp³-hybridized carbons (Fsp3) is 0.727. The smallest absolute Gasteiger partial charge is 0.331 e. The molecule has 0 heterocycles. The minimum Gasteiger partial charge on any atom is -0.478 e. The van der Waals surface area contributed by atoms with E-state index >= 15 is 0 Å². The monoisotopic (exact) mass is 185 g/mol. The number of allylic oxidation sites excluding steroid dienone is 1. The van der Waals surface area contributed by atoms with Crippen LogP contribution >= 0.6 is 0 Å². The summed E-state index contributed by atoms with van der Waals surface area (Å²) in [7, 11) is 0. The topological polar surface area (TPSA) is 37.3 Å². The van der Waals surface area contributed by atoms with Crippen molar-refractivity contribution >= 4 is 5.97 Å². The third kappa shape index (κ3) is 6.38. The van der Waals surface area contributed by atoms with Crippen LogP contribution in [-0.2, 0) is 4.79 Å². The normalized spacial score (nSPS) is 13.5. The molecular formula is C11H20O2. The molecule has 0 bridgehead atoms. The summed E-state index contributed by atoms with van der Waals surface area (Å²) in [5, 5.41) is 8.89. The average Bonchev–Trinajstić information content (AvgIpc) is 2.14. The molecule has 0 saturated heterocycles. The van der Waals surface area contributed by atoms with Crippen molar-refractivity contribution in [3.63, 3.8) is 0 Å². The second kappa shape index (κ2) is 7.84. The second-order valence-corrected chi connectivity index (χ2v) is 3.17. The van der Waals surface area contributed by atoms with E-state index in [-0.39, 0.29) is 0 Å². The zero-order chi connectivity index (χ0) is 11.0. The minimum atomic E-state index is -0.917. The summed E-state index contributed by atoms with van der Waals surface area (Å²) in [6.07, 6.45) is 4.87. The highest BCUT2D eigenvalue weighted by molar-refractivity contribution is 5.86. The molecule has 0 aliphatic rings. The summed E-state index contributed by atoms with van der Waals surface area (Å²) < 4.78 is 7.64. The summed E-state index contributed by atoms with van der Waals surface area (Å²) in [5.41, 5.74) is 0.306. The van der Waals surface area contributed by atoms with Gasteiger partial charge in [-0.15, -0.1) is 0 Å². The molecule has 0 radical (unpaired) electrons. The van der Waals surface area contributed by atoms with E-state index in [1.807, 2.05) is 13.8 Å². The van der Waals surface area contributed by atoms with E-state index in [2.05, 4.69) is 0 Å². The van der Waals surface area contributed by atoms with Gasteiger partial charge in [-0.25, -0.2) is 4.79 Å². The number of carbonyl (C=O) groups is 1. The lowest BCUT2D eigenvalue weighted by molar-refractivity contribution is -0.132. The van der Waals surface area contributed by atoms with Crippen LogP contribution in [0.4, 0.5) is 0 Å². The number of hydrogen-bond acceptors (Lipinski definition) is 1. The van der Waals surface area contributed by atoms with Gasteiger partial charge in [0.05, 0.1) is 1.37 Å². The first-order chi connectivity index (χ1) is 6.63. The Bertz CT molecular complexity index is 209. The van der Waals surface area contributed by atoms with E-state index in [4.69, 9.17) is 6.48 Å². The quantitative estimate of drug-likeness (QED) is 0.617. The summed E-state index contributed by atoms with van der Waals surface area (Å²) in [6.45, 7) is 4.06. The van der Waals surface area contributed by atoms with E-state index in [1.165, 1.54) is 0 Å². The van der Waals surface area contributed by atoms with Gasteiger partial charge in [0.2, 0.25) is 0 Å². The van der Waals surface area contributed by atoms with Crippen molar-refractivity contribution in [2.45, 2.75) is 52.4 Å². The molecule has 76 valence electrons. The van der Waals surface area contributed by atoms with E-state index in [9.17, 15) is 4.79 Å². The first-order valence-corrected chi connectivity index (χ1v) is 5.05. The largest absolute Gasteiger partial charge is 0.478 e. The molecule has 0 rings (SSSR count). The standard InChI is InChI=1S/C11H20O2/c1-3-5-7-9-10(11(12)13)8-6-4-2/h9H,3-8H2,1-2H3,(H,12,13)/b10-9+/i9D. The molecular weight excluding hydrogens is 164 g/mol. The van der Waals surface area contributed by atoms with E-state index in [0.29, 0.717) is 24.5 Å². The van der Waals surface area contributed by atoms with Gasteiger partial charge < -0.3 is 5.11 Å². The highest BCUT2D eigenvalue weighted by Crippen LogP contribution is 2.09. The van der Waals surface area contributed by atoms with E-state index in [0.717, 1.165) is 25.7 Å². The van der Waals surface area contributed by atoms with Crippen LogP contribution in [0, 0.1) is 0 Å². The van der Waals surface area contributed by atoms with E-state index < -0.39 is 5.97 Å². The van der Waals surface area contributed by atoms with Crippen molar-refractivity contribution in [3.05, 3.63) is 11.6 Å². The van der Waals surface area contributed by atoms with Gasteiger partial charge in [-0.1, -0.05) is 39.2 Å². The number of unbranched alkanes of at least 4 members (excludes halogenated alkanes) is 2. The molecule has 0 aliphatic heterocycles. The van der Waals surface area contributed by atoms with Crippen LogP contribution in [0.1, 0.15) is 53.7 Å². The van der Waals surface area contributed by atoms with Gasteiger partial charge in [0.25, 0.3) is 0 Å². The number of rotatable bonds is 7. The van der Waals surface area contributed by atoms with Gasteiger partial charge in [0.1, 0.15) is 0 Å². The van der Waals surface area contributed by atoms with Crippen molar-refractivity contribution in [1.29, 1.82) is 0 Å². The number of hydrogen-bond donors (Lipinski definition) is 1. The average molecular weight is 185 g/mol. The Labute approximate surface area is 82.1 Å². The molecule has 0 aromatic rings. The van der Waals surface area contributed by atoms with Crippen LogP contribution in [0.25, 0.3) is 0 Å². The van der Waals surface area contributed by atoms with Gasteiger partial charge in [-0.2, -0.15) is 0 Å². The predicted octanol–water partition coefficient (Wildman–Crippen LogP) is 3.38. The van der Waals surface area contributed by atoms with Gasteiger partial charge in [-0.3, -0.25) is 0 Å². The minimum absolute atomic E-state index is 0.306. The molecule has 0 amide bonds. The van der Waals surface area contributed by atoms with Crippen LogP contribution < -0.4 is 0 Å². The Kier molecular flexibility index (Phi) is 6.21. The zero-order valence-corrected chi connectivity index (χ0v) is 8.60. The summed E-state index contributed by atoms with van der Waals surface area (Å²) in [6, 6.07) is 0.313. The predicted molar refractivity (Wildman–Crippen MR) is 54.8 cm³/mol. The van der Waals surface area contributed by atoms with Crippen molar-refractivity contribution in [2.24, 2.45) is 0 Å². The molecule has 2 heteroatoms. The van der Waals surface area contributed by atoms with Crippen LogP contribution in [0.15, 0.2) is 11.6 Å². The van der Waals surface area contributed by atoms with Crippen LogP contribution in [0.5, 0.6) is 0 Å². The lowest BCUT2D eigenvalue weighted by atomic mass is 10.1. The molecule has 0 aliphatic carbocycles. The van der Waals surface area contributed by atoms with Crippen molar-refractivity contribution in [2.75, 3.05) is 0 Å². The van der Waals surface area contributed by atoms with Crippen LogP contribution in [0.2, 0.25) is 0 Å². The molecule has 0 atom stereocenters. The molecule has 0 aromatic carbocycles. The van der Waals surface area contributed by atoms with Crippen molar-refractivity contribution < 1.29 is 11.3 Å². The molecule has 0 saturated carbocycles. The highest BCUT2D eigenvalue weighted by Gasteiger charge is 2.04. The van der Waals surface area contributed by atoms with Crippen molar-refractivity contribution in [1.82, 2.24) is 0 Å². The Morgan fingerprint density at radius 1 is 1.38 bits per heavy atom. The fourth-order valence-corrected chi connectivity index (χ4v) is 1.04. The summed E-state index contributed by atoms with van der Waals surface area (Å²) in [4.78, 5) is 10.8. The Balaban J connectivity index is 4.34. The molecule has 13 heavy (non-hydrogen) atoms. The van der Waals surface area contributed by atoms with Gasteiger partial charge in [0, 0.05) is 5.57 Å². The van der Waals surface area contributed by atoms with E-state index in [1.54, 1.807) is 0 Å². The maximum absolute atomic E-state index is 10.8. The number of aliphatic carboxylic acids is 1. The summed E-state index contributed by atoms with van der Waals surface area (Å²) >= 11 is 0. The number of carboxylic acid groups (broad SMARTS) is 1. The molecule has 0 unspecified atom stereocenters. The molecule has 1 N–H and O–H groups in total. The van der Waals surface area contributed by atoms with Crippen LogP contribution in [-0.4, -0.2) is 11.1 Å². The fourth-order valence-electron chi connectivity index (χ4n) is 1.04. The Morgan fingerprint density at radius 2 is 2.00 bits per heavy atom. The Hall–Kier alpha value is -0.790. The highest BCUT2D eigenvalue weighted by atomic mass is 16.4. The van der Waals surface area contributed by atoms with Gasteiger partial charge in [-0.05, 0) is 19.3 Å². The second-order valence-electron chi connectivity index (χ2n) is 3.17. The van der Waals surface area contributed by atoms with Gasteiger partial charge >= 0.3 is 5.97 Å². The maximum atomic E-state index is 10.8. The lowest BCUT2D eigenvalue weighted by Gasteiger charge is -2.00. The SMILES string of the molecule is [2H]/C(CCCC)=C(/CCCC)C(=O)O. The first kappa shape index (κ1) is 10.3. The third-order valence-corrected chi connectivity index (χ3v) is 1.91. The summed E-state index contributed by atoms with van der Waals surface area (Å²) in [5.74, 6) is -0.917. The zero-order valence-electron chi connectivity index (χ0n) is 9.60. The lowest BCUT2D eigenvalue weighted by Crippen LogP contribution is -2.00. The molecule has 0 aromatic heterocycles. The van der Waals surface area contributed by atoms with Crippen molar-refractivity contribution in [3.8, 4) is 0 Å². The van der Waals surface area contributed by atoms with Crippen LogP contribution in [0.3, 0.4) is 0 Å². The maximum Gasteiger partial charge on any atom is 0.331 e. The first-order valence-electron chi connectivity index (χ1n) is 5.55. The van der Waals surface area contributed by atoms with Gasteiger partial charge in [0.15, 0.2) is 0 Å². The number of carboxylic acids is 1.